The summed E-state index contributed by atoms with van der Waals surface area (Å²) >= 11 is 0. The van der Waals surface area contributed by atoms with Crippen LogP contribution in [0.3, 0.4) is 0 Å². The predicted molar refractivity (Wildman–Crippen MR) is 51.7 cm³/mol. The van der Waals surface area contributed by atoms with Gasteiger partial charge < -0.3 is 16.2 Å². The van der Waals surface area contributed by atoms with Gasteiger partial charge in [-0.3, -0.25) is 0 Å². The Morgan fingerprint density at radius 1 is 1.50 bits per heavy atom. The third-order valence-electron chi connectivity index (χ3n) is 2.62. The van der Waals surface area contributed by atoms with Crippen molar-refractivity contribution in [2.75, 3.05) is 0 Å². The van der Waals surface area contributed by atoms with E-state index in [1.54, 1.807) is 0 Å². The Morgan fingerprint density at radius 2 is 2.21 bits per heavy atom. The fraction of sp³-hybridized carbons (Fsp3) is 0.556. The van der Waals surface area contributed by atoms with E-state index in [-0.39, 0.29) is 5.96 Å². The quantitative estimate of drug-likeness (QED) is 0.557. The van der Waals surface area contributed by atoms with Gasteiger partial charge >= 0.3 is 5.97 Å². The molecule has 1 unspecified atom stereocenters. The Labute approximate surface area is 81.7 Å². The molecular formula is C9H13N3O2. The zero-order chi connectivity index (χ0) is 10.1. The highest BCUT2D eigenvalue weighted by Gasteiger charge is 2.30. The first kappa shape index (κ1) is 9.05. The molecule has 76 valence electrons. The van der Waals surface area contributed by atoms with Crippen LogP contribution in [0.2, 0.25) is 0 Å². The SMILES string of the molecule is NC1=NC(C(=O)O)C2=C(CCCC2)N1. The van der Waals surface area contributed by atoms with Crippen LogP contribution in [0.4, 0.5) is 0 Å². The largest absolute Gasteiger partial charge is 0.479 e. The Bertz CT molecular complexity index is 333. The zero-order valence-electron chi connectivity index (χ0n) is 7.79. The van der Waals surface area contributed by atoms with Crippen LogP contribution in [-0.4, -0.2) is 23.1 Å². The van der Waals surface area contributed by atoms with E-state index in [1.165, 1.54) is 0 Å². The number of guanidine groups is 1. The maximum atomic E-state index is 10.9. The summed E-state index contributed by atoms with van der Waals surface area (Å²) < 4.78 is 0. The maximum Gasteiger partial charge on any atom is 0.332 e. The Hall–Kier alpha value is -1.52. The Morgan fingerprint density at radius 3 is 2.93 bits per heavy atom. The smallest absolute Gasteiger partial charge is 0.332 e. The average molecular weight is 195 g/mol. The first-order valence-corrected chi connectivity index (χ1v) is 4.73. The van der Waals surface area contributed by atoms with Gasteiger partial charge in [-0.05, 0) is 31.3 Å². The molecule has 0 fully saturated rings. The summed E-state index contributed by atoms with van der Waals surface area (Å²) in [6.07, 6.45) is 3.83. The van der Waals surface area contributed by atoms with Crippen LogP contribution in [0.5, 0.6) is 0 Å². The molecule has 0 aromatic rings. The molecule has 0 saturated carbocycles. The summed E-state index contributed by atoms with van der Waals surface area (Å²) in [6.45, 7) is 0. The minimum atomic E-state index is -0.913. The van der Waals surface area contributed by atoms with E-state index in [4.69, 9.17) is 10.8 Å². The monoisotopic (exact) mass is 195 g/mol. The van der Waals surface area contributed by atoms with Gasteiger partial charge in [-0.1, -0.05) is 0 Å². The number of hydrogen-bond donors (Lipinski definition) is 3. The lowest BCUT2D eigenvalue weighted by Gasteiger charge is -2.27. The van der Waals surface area contributed by atoms with Gasteiger partial charge in [0.15, 0.2) is 12.0 Å². The summed E-state index contributed by atoms with van der Waals surface area (Å²) in [5.41, 5.74) is 7.38. The molecule has 0 spiro atoms. The van der Waals surface area contributed by atoms with Crippen LogP contribution >= 0.6 is 0 Å². The first-order chi connectivity index (χ1) is 6.68. The average Bonchev–Trinajstić information content (AvgIpc) is 2.16. The number of nitrogens with zero attached hydrogens (tertiary/aromatic N) is 1. The molecule has 1 aliphatic heterocycles. The number of carboxylic acid groups (broad SMARTS) is 1. The van der Waals surface area contributed by atoms with Gasteiger partial charge in [-0.15, -0.1) is 0 Å². The molecular weight excluding hydrogens is 182 g/mol. The van der Waals surface area contributed by atoms with Gasteiger partial charge in [0.2, 0.25) is 0 Å². The number of allylic oxidation sites excluding steroid dienone is 1. The van der Waals surface area contributed by atoms with Crippen molar-refractivity contribution in [3.8, 4) is 0 Å². The number of nitrogens with one attached hydrogen (secondary N) is 1. The number of aliphatic imine (C=N–C) groups is 1. The van der Waals surface area contributed by atoms with E-state index < -0.39 is 12.0 Å². The van der Waals surface area contributed by atoms with Crippen LogP contribution in [0.15, 0.2) is 16.3 Å². The lowest BCUT2D eigenvalue weighted by atomic mass is 9.90. The molecule has 5 heteroatoms. The van der Waals surface area contributed by atoms with E-state index in [9.17, 15) is 4.79 Å². The van der Waals surface area contributed by atoms with Crippen molar-refractivity contribution >= 4 is 11.9 Å². The molecule has 0 bridgehead atoms. The topological polar surface area (TPSA) is 87.7 Å². The second-order valence-electron chi connectivity index (χ2n) is 3.59. The van der Waals surface area contributed by atoms with Gasteiger partial charge in [0.05, 0.1) is 0 Å². The van der Waals surface area contributed by atoms with Gasteiger partial charge in [0.1, 0.15) is 0 Å². The summed E-state index contributed by atoms with van der Waals surface area (Å²) in [5, 5.41) is 11.9. The van der Waals surface area contributed by atoms with Crippen molar-refractivity contribution in [1.29, 1.82) is 0 Å². The van der Waals surface area contributed by atoms with Crippen LogP contribution in [0.25, 0.3) is 0 Å². The summed E-state index contributed by atoms with van der Waals surface area (Å²) in [4.78, 5) is 14.8. The molecule has 4 N–H and O–H groups in total. The summed E-state index contributed by atoms with van der Waals surface area (Å²) in [6, 6.07) is -0.758. The van der Waals surface area contributed by atoms with Gasteiger partial charge in [0.25, 0.3) is 0 Å². The van der Waals surface area contributed by atoms with Crippen molar-refractivity contribution in [3.05, 3.63) is 11.3 Å². The lowest BCUT2D eigenvalue weighted by molar-refractivity contribution is -0.137. The lowest BCUT2D eigenvalue weighted by Crippen LogP contribution is -2.41. The first-order valence-electron chi connectivity index (χ1n) is 4.73. The molecule has 1 atom stereocenters. The Kier molecular flexibility index (Phi) is 2.15. The van der Waals surface area contributed by atoms with Crippen molar-refractivity contribution in [3.63, 3.8) is 0 Å². The van der Waals surface area contributed by atoms with E-state index in [2.05, 4.69) is 10.3 Å². The second kappa shape index (κ2) is 3.32. The van der Waals surface area contributed by atoms with Crippen LogP contribution in [-0.2, 0) is 4.79 Å². The van der Waals surface area contributed by atoms with Crippen LogP contribution in [0.1, 0.15) is 25.7 Å². The Balaban J connectivity index is 2.32. The van der Waals surface area contributed by atoms with Crippen LogP contribution in [0, 0.1) is 0 Å². The fourth-order valence-electron chi connectivity index (χ4n) is 1.98. The second-order valence-corrected chi connectivity index (χ2v) is 3.59. The van der Waals surface area contributed by atoms with Crippen molar-refractivity contribution in [1.82, 2.24) is 5.32 Å². The summed E-state index contributed by atoms with van der Waals surface area (Å²) in [5.74, 6) is -0.693. The molecule has 1 aliphatic carbocycles. The van der Waals surface area contributed by atoms with Gasteiger partial charge in [0, 0.05) is 5.70 Å². The number of nitrogens with two attached hydrogens (primary N) is 1. The molecule has 0 aromatic heterocycles. The van der Waals surface area contributed by atoms with Gasteiger partial charge in [-0.2, -0.15) is 0 Å². The number of carbonyl (C=O) groups is 1. The molecule has 0 aromatic carbocycles. The third kappa shape index (κ3) is 1.45. The molecule has 2 aliphatic rings. The van der Waals surface area contributed by atoms with Crippen molar-refractivity contribution in [2.24, 2.45) is 10.7 Å². The number of hydrogen-bond acceptors (Lipinski definition) is 4. The van der Waals surface area contributed by atoms with E-state index in [1.807, 2.05) is 0 Å². The van der Waals surface area contributed by atoms with Crippen LogP contribution < -0.4 is 11.1 Å². The zero-order valence-corrected chi connectivity index (χ0v) is 7.79. The number of aliphatic carboxylic acids is 1. The summed E-state index contributed by atoms with van der Waals surface area (Å²) in [7, 11) is 0. The molecule has 0 amide bonds. The van der Waals surface area contributed by atoms with E-state index >= 15 is 0 Å². The van der Waals surface area contributed by atoms with Crippen molar-refractivity contribution in [2.45, 2.75) is 31.7 Å². The fourth-order valence-corrected chi connectivity index (χ4v) is 1.98. The van der Waals surface area contributed by atoms with Crippen molar-refractivity contribution < 1.29 is 9.90 Å². The molecule has 2 rings (SSSR count). The molecule has 0 saturated heterocycles. The minimum absolute atomic E-state index is 0.220. The van der Waals surface area contributed by atoms with E-state index in [0.29, 0.717) is 0 Å². The maximum absolute atomic E-state index is 10.9. The molecule has 5 nitrogen and oxygen atoms in total. The highest BCUT2D eigenvalue weighted by Crippen LogP contribution is 2.28. The standard InChI is InChI=1S/C9H13N3O2/c10-9-11-6-4-2-1-3-5(6)7(12-9)8(13)14/h7H,1-4H2,(H,13,14)(H3,10,11,12). The van der Waals surface area contributed by atoms with Gasteiger partial charge in [-0.25, -0.2) is 9.79 Å². The van der Waals surface area contributed by atoms with E-state index in [0.717, 1.165) is 37.0 Å². The molecule has 14 heavy (non-hydrogen) atoms. The molecule has 1 heterocycles. The highest BCUT2D eigenvalue weighted by molar-refractivity contribution is 5.88. The number of rotatable bonds is 1. The third-order valence-corrected chi connectivity index (χ3v) is 2.62. The normalized spacial score (nSPS) is 26.3. The highest BCUT2D eigenvalue weighted by atomic mass is 16.4. The minimum Gasteiger partial charge on any atom is -0.479 e. The molecule has 0 radical (unpaired) electrons. The predicted octanol–water partition coefficient (Wildman–Crippen LogP) is 0.186. The number of carboxylic acids is 1.